The van der Waals surface area contributed by atoms with Crippen molar-refractivity contribution in [3.63, 3.8) is 0 Å². The van der Waals surface area contributed by atoms with Crippen LogP contribution in [0.5, 0.6) is 11.5 Å². The summed E-state index contributed by atoms with van der Waals surface area (Å²) in [7, 11) is 0. The topological polar surface area (TPSA) is 46.5 Å². The lowest BCUT2D eigenvalue weighted by Gasteiger charge is -2.09. The summed E-state index contributed by atoms with van der Waals surface area (Å²) in [6, 6.07) is 7.24. The smallest absolute Gasteiger partial charge is 0.328 e. The van der Waals surface area contributed by atoms with E-state index in [0.717, 1.165) is 24.3 Å². The molecule has 6 heteroatoms. The molecule has 0 aromatic heterocycles. The van der Waals surface area contributed by atoms with Crippen LogP contribution in [0.2, 0.25) is 5.02 Å². The fourth-order valence-electron chi connectivity index (χ4n) is 1.61. The first-order chi connectivity index (χ1) is 9.94. The Morgan fingerprint density at radius 3 is 2.43 bits per heavy atom. The van der Waals surface area contributed by atoms with E-state index in [1.54, 1.807) is 6.07 Å². The first-order valence-electron chi connectivity index (χ1n) is 5.78. The summed E-state index contributed by atoms with van der Waals surface area (Å²) < 4.78 is 31.6. The van der Waals surface area contributed by atoms with Crippen LogP contribution >= 0.6 is 11.6 Å². The van der Waals surface area contributed by atoms with Gasteiger partial charge in [0.1, 0.15) is 23.1 Å². The first-order valence-corrected chi connectivity index (χ1v) is 6.16. The fourth-order valence-corrected chi connectivity index (χ4v) is 1.77. The van der Waals surface area contributed by atoms with Gasteiger partial charge in [0.2, 0.25) is 0 Å². The van der Waals surface area contributed by atoms with Gasteiger partial charge in [-0.2, -0.15) is 0 Å². The van der Waals surface area contributed by atoms with Gasteiger partial charge in [0.15, 0.2) is 0 Å². The Hall–Kier alpha value is -2.40. The third-order valence-electron chi connectivity index (χ3n) is 2.44. The van der Waals surface area contributed by atoms with Gasteiger partial charge in [-0.25, -0.2) is 13.6 Å². The Balaban J connectivity index is 2.37. The molecule has 0 unspecified atom stereocenters. The van der Waals surface area contributed by atoms with Crippen LogP contribution in [0.1, 0.15) is 5.56 Å². The number of benzene rings is 2. The summed E-state index contributed by atoms with van der Waals surface area (Å²) in [4.78, 5) is 10.5. The number of carbonyl (C=O) groups is 1. The van der Waals surface area contributed by atoms with Crippen LogP contribution in [0.4, 0.5) is 8.78 Å². The normalized spacial score (nSPS) is 10.8. The van der Waals surface area contributed by atoms with Crippen LogP contribution in [-0.2, 0) is 4.79 Å². The Morgan fingerprint density at radius 2 is 1.81 bits per heavy atom. The van der Waals surface area contributed by atoms with Gasteiger partial charge < -0.3 is 9.84 Å². The zero-order chi connectivity index (χ0) is 15.4. The molecule has 0 radical (unpaired) electrons. The van der Waals surface area contributed by atoms with Crippen molar-refractivity contribution < 1.29 is 23.4 Å². The third-order valence-corrected chi connectivity index (χ3v) is 2.68. The molecular formula is C15H9ClF2O3. The molecule has 108 valence electrons. The summed E-state index contributed by atoms with van der Waals surface area (Å²) in [5.74, 6) is -2.57. The van der Waals surface area contributed by atoms with Crippen LogP contribution in [-0.4, -0.2) is 11.1 Å². The summed E-state index contributed by atoms with van der Waals surface area (Å²) in [6.45, 7) is 0. The van der Waals surface area contributed by atoms with Crippen LogP contribution < -0.4 is 4.74 Å². The van der Waals surface area contributed by atoms with E-state index in [-0.39, 0.29) is 11.5 Å². The SMILES string of the molecule is O=C(O)/C=C/c1ccc(Cl)cc1Oc1cc(F)cc(F)c1. The maximum absolute atomic E-state index is 13.1. The number of hydrogen-bond acceptors (Lipinski definition) is 2. The molecule has 0 atom stereocenters. The van der Waals surface area contributed by atoms with E-state index in [9.17, 15) is 13.6 Å². The molecule has 2 aromatic rings. The average molecular weight is 311 g/mol. The molecule has 0 bridgehead atoms. The monoisotopic (exact) mass is 310 g/mol. The number of carboxylic acids is 1. The van der Waals surface area contributed by atoms with E-state index in [1.165, 1.54) is 18.2 Å². The van der Waals surface area contributed by atoms with Crippen LogP contribution in [0.25, 0.3) is 6.08 Å². The second-order valence-electron chi connectivity index (χ2n) is 4.06. The number of carboxylic acid groups (broad SMARTS) is 1. The zero-order valence-corrected chi connectivity index (χ0v) is 11.3. The van der Waals surface area contributed by atoms with E-state index in [2.05, 4.69) is 0 Å². The maximum atomic E-state index is 13.1. The molecule has 2 aromatic carbocycles. The molecule has 0 aliphatic rings. The van der Waals surface area contributed by atoms with Gasteiger partial charge in [0, 0.05) is 40.9 Å². The van der Waals surface area contributed by atoms with Crippen molar-refractivity contribution >= 4 is 23.6 Å². The lowest BCUT2D eigenvalue weighted by atomic mass is 10.2. The second kappa shape index (κ2) is 6.37. The molecule has 0 aliphatic heterocycles. The average Bonchev–Trinajstić information content (AvgIpc) is 2.36. The molecule has 21 heavy (non-hydrogen) atoms. The molecule has 0 saturated heterocycles. The van der Waals surface area contributed by atoms with Gasteiger partial charge in [-0.1, -0.05) is 11.6 Å². The summed E-state index contributed by atoms with van der Waals surface area (Å²) >= 11 is 5.84. The van der Waals surface area contributed by atoms with Gasteiger partial charge in [-0.3, -0.25) is 0 Å². The highest BCUT2D eigenvalue weighted by Crippen LogP contribution is 2.30. The molecule has 0 aliphatic carbocycles. The van der Waals surface area contributed by atoms with Crippen molar-refractivity contribution in [1.29, 1.82) is 0 Å². The minimum absolute atomic E-state index is 0.0558. The van der Waals surface area contributed by atoms with Gasteiger partial charge in [0.25, 0.3) is 0 Å². The van der Waals surface area contributed by atoms with Crippen molar-refractivity contribution in [2.75, 3.05) is 0 Å². The van der Waals surface area contributed by atoms with Crippen molar-refractivity contribution in [3.8, 4) is 11.5 Å². The van der Waals surface area contributed by atoms with Gasteiger partial charge >= 0.3 is 5.97 Å². The lowest BCUT2D eigenvalue weighted by Crippen LogP contribution is -1.91. The first kappa shape index (κ1) is 15.0. The Labute approximate surface area is 124 Å². The standard InChI is InChI=1S/C15H9ClF2O3/c16-10-3-1-9(2-4-15(19)20)14(5-10)21-13-7-11(17)6-12(18)8-13/h1-8H,(H,19,20)/b4-2+. The predicted molar refractivity (Wildman–Crippen MR) is 74.6 cm³/mol. The maximum Gasteiger partial charge on any atom is 0.328 e. The molecule has 0 saturated carbocycles. The van der Waals surface area contributed by atoms with Crippen molar-refractivity contribution in [1.82, 2.24) is 0 Å². The van der Waals surface area contributed by atoms with Crippen LogP contribution in [0, 0.1) is 11.6 Å². The Kier molecular flexibility index (Phi) is 4.55. The molecule has 0 fully saturated rings. The minimum atomic E-state index is -1.13. The van der Waals surface area contributed by atoms with Gasteiger partial charge in [-0.15, -0.1) is 0 Å². The molecule has 1 N–H and O–H groups in total. The fraction of sp³-hybridized carbons (Fsp3) is 0. The van der Waals surface area contributed by atoms with E-state index >= 15 is 0 Å². The number of ether oxygens (including phenoxy) is 1. The number of rotatable bonds is 4. The van der Waals surface area contributed by atoms with Gasteiger partial charge in [-0.05, 0) is 18.2 Å². The summed E-state index contributed by atoms with van der Waals surface area (Å²) in [5.41, 5.74) is 0.409. The second-order valence-corrected chi connectivity index (χ2v) is 4.50. The number of aliphatic carboxylic acids is 1. The van der Waals surface area contributed by atoms with E-state index in [1.807, 2.05) is 0 Å². The predicted octanol–water partition coefficient (Wildman–Crippen LogP) is 4.51. The van der Waals surface area contributed by atoms with E-state index in [0.29, 0.717) is 10.6 Å². The number of hydrogen-bond donors (Lipinski definition) is 1. The summed E-state index contributed by atoms with van der Waals surface area (Å²) in [6.07, 6.45) is 2.21. The molecule has 2 rings (SSSR count). The Morgan fingerprint density at radius 1 is 1.14 bits per heavy atom. The van der Waals surface area contributed by atoms with Gasteiger partial charge in [0.05, 0.1) is 0 Å². The van der Waals surface area contributed by atoms with Crippen LogP contribution in [0.15, 0.2) is 42.5 Å². The van der Waals surface area contributed by atoms with E-state index in [4.69, 9.17) is 21.4 Å². The largest absolute Gasteiger partial charge is 0.478 e. The van der Waals surface area contributed by atoms with E-state index < -0.39 is 17.6 Å². The molecule has 0 amide bonds. The molecule has 0 spiro atoms. The minimum Gasteiger partial charge on any atom is -0.478 e. The highest BCUT2D eigenvalue weighted by atomic mass is 35.5. The van der Waals surface area contributed by atoms with Crippen molar-refractivity contribution in [3.05, 3.63) is 64.7 Å². The third kappa shape index (κ3) is 4.29. The lowest BCUT2D eigenvalue weighted by molar-refractivity contribution is -0.131. The number of halogens is 3. The highest BCUT2D eigenvalue weighted by molar-refractivity contribution is 6.30. The zero-order valence-electron chi connectivity index (χ0n) is 10.5. The highest BCUT2D eigenvalue weighted by Gasteiger charge is 2.07. The summed E-state index contributed by atoms with van der Waals surface area (Å²) in [5, 5.41) is 8.97. The Bertz CT molecular complexity index is 694. The van der Waals surface area contributed by atoms with Crippen molar-refractivity contribution in [2.24, 2.45) is 0 Å². The molecular weight excluding hydrogens is 302 g/mol. The quantitative estimate of drug-likeness (QED) is 0.845. The molecule has 0 heterocycles. The van der Waals surface area contributed by atoms with Crippen LogP contribution in [0.3, 0.4) is 0 Å². The van der Waals surface area contributed by atoms with Crippen molar-refractivity contribution in [2.45, 2.75) is 0 Å². The molecule has 3 nitrogen and oxygen atoms in total.